The van der Waals surface area contributed by atoms with Crippen LogP contribution in [0.2, 0.25) is 5.15 Å². The lowest BCUT2D eigenvalue weighted by Gasteiger charge is -2.19. The molecule has 94 valence electrons. The van der Waals surface area contributed by atoms with E-state index in [0.717, 1.165) is 6.54 Å². The molecule has 0 aliphatic heterocycles. The van der Waals surface area contributed by atoms with Crippen molar-refractivity contribution in [2.24, 2.45) is 0 Å². The van der Waals surface area contributed by atoms with E-state index in [1.165, 1.54) is 12.1 Å². The molecule has 0 atom stereocenters. The van der Waals surface area contributed by atoms with E-state index in [2.05, 4.69) is 4.98 Å². The van der Waals surface area contributed by atoms with Gasteiger partial charge in [0.15, 0.2) is 0 Å². The summed E-state index contributed by atoms with van der Waals surface area (Å²) in [7, 11) is 5.66. The highest BCUT2D eigenvalue weighted by molar-refractivity contribution is 6.29. The summed E-state index contributed by atoms with van der Waals surface area (Å²) in [6.07, 6.45) is 0. The standard InChI is InChI=1S/C11H17ClN4O/c1-15(2)4-5-16(3)11(17)8-6-9(12)14-10(13)7-8/h6-7H,4-5H2,1-3H3,(H2,13,14). The zero-order valence-corrected chi connectivity index (χ0v) is 11.0. The molecular formula is C11H17ClN4O. The van der Waals surface area contributed by atoms with Gasteiger partial charge in [-0.15, -0.1) is 0 Å². The van der Waals surface area contributed by atoms with Gasteiger partial charge in [-0.1, -0.05) is 11.6 Å². The Hall–Kier alpha value is -1.33. The highest BCUT2D eigenvalue weighted by atomic mass is 35.5. The zero-order valence-electron chi connectivity index (χ0n) is 10.3. The Labute approximate surface area is 106 Å². The summed E-state index contributed by atoms with van der Waals surface area (Å²) >= 11 is 5.76. The molecule has 5 nitrogen and oxygen atoms in total. The van der Waals surface area contributed by atoms with E-state index in [-0.39, 0.29) is 16.9 Å². The van der Waals surface area contributed by atoms with Crippen LogP contribution in [-0.4, -0.2) is 54.9 Å². The SMILES string of the molecule is CN(C)CCN(C)C(=O)c1cc(N)nc(Cl)c1. The maximum atomic E-state index is 12.0. The maximum Gasteiger partial charge on any atom is 0.253 e. The zero-order chi connectivity index (χ0) is 13.0. The van der Waals surface area contributed by atoms with E-state index in [1.54, 1.807) is 11.9 Å². The number of hydrogen-bond donors (Lipinski definition) is 1. The minimum absolute atomic E-state index is 0.108. The van der Waals surface area contributed by atoms with Crippen LogP contribution in [0.1, 0.15) is 10.4 Å². The van der Waals surface area contributed by atoms with Gasteiger partial charge in [-0.3, -0.25) is 4.79 Å². The average molecular weight is 257 g/mol. The number of carbonyl (C=O) groups excluding carboxylic acids is 1. The van der Waals surface area contributed by atoms with Gasteiger partial charge in [0.05, 0.1) is 0 Å². The number of aromatic nitrogens is 1. The van der Waals surface area contributed by atoms with Gasteiger partial charge in [-0.25, -0.2) is 4.98 Å². The summed E-state index contributed by atoms with van der Waals surface area (Å²) in [6, 6.07) is 3.05. The van der Waals surface area contributed by atoms with Crippen LogP contribution < -0.4 is 5.73 Å². The highest BCUT2D eigenvalue weighted by Crippen LogP contribution is 2.13. The first-order chi connectivity index (χ1) is 7.90. The number of anilines is 1. The second-order valence-electron chi connectivity index (χ2n) is 4.13. The first-order valence-electron chi connectivity index (χ1n) is 5.23. The second kappa shape index (κ2) is 5.84. The minimum atomic E-state index is -0.108. The molecule has 0 fully saturated rings. The molecule has 0 aliphatic carbocycles. The van der Waals surface area contributed by atoms with Crippen LogP contribution in [-0.2, 0) is 0 Å². The maximum absolute atomic E-state index is 12.0. The molecule has 0 aliphatic rings. The summed E-state index contributed by atoms with van der Waals surface area (Å²) in [5.74, 6) is 0.143. The van der Waals surface area contributed by atoms with Crippen molar-refractivity contribution in [2.75, 3.05) is 40.0 Å². The van der Waals surface area contributed by atoms with Crippen LogP contribution in [0.25, 0.3) is 0 Å². The highest BCUT2D eigenvalue weighted by Gasteiger charge is 2.13. The fraction of sp³-hybridized carbons (Fsp3) is 0.455. The lowest BCUT2D eigenvalue weighted by atomic mass is 10.2. The third-order valence-corrected chi connectivity index (χ3v) is 2.48. The van der Waals surface area contributed by atoms with Gasteiger partial charge in [-0.05, 0) is 26.2 Å². The number of nitrogens with two attached hydrogens (primary N) is 1. The Bertz CT molecular complexity index is 388. The van der Waals surface area contributed by atoms with Gasteiger partial charge < -0.3 is 15.5 Å². The van der Waals surface area contributed by atoms with Gasteiger partial charge in [0.25, 0.3) is 5.91 Å². The molecule has 6 heteroatoms. The molecule has 2 N–H and O–H groups in total. The van der Waals surface area contributed by atoms with Crippen LogP contribution >= 0.6 is 11.6 Å². The fourth-order valence-corrected chi connectivity index (χ4v) is 1.53. The van der Waals surface area contributed by atoms with E-state index < -0.39 is 0 Å². The molecule has 0 aromatic carbocycles. The number of rotatable bonds is 4. The van der Waals surface area contributed by atoms with Crippen molar-refractivity contribution in [1.29, 1.82) is 0 Å². The molecule has 1 rings (SSSR count). The topological polar surface area (TPSA) is 62.5 Å². The molecule has 0 saturated heterocycles. The second-order valence-corrected chi connectivity index (χ2v) is 4.52. The first kappa shape index (κ1) is 13.7. The number of halogens is 1. The van der Waals surface area contributed by atoms with Crippen LogP contribution in [0.5, 0.6) is 0 Å². The normalized spacial score (nSPS) is 10.6. The van der Waals surface area contributed by atoms with Gasteiger partial charge >= 0.3 is 0 Å². The minimum Gasteiger partial charge on any atom is -0.384 e. The number of hydrogen-bond acceptors (Lipinski definition) is 4. The van der Waals surface area contributed by atoms with Crippen LogP contribution in [0.15, 0.2) is 12.1 Å². The molecule has 1 amide bonds. The van der Waals surface area contributed by atoms with Crippen LogP contribution in [0, 0.1) is 0 Å². The van der Waals surface area contributed by atoms with Crippen molar-refractivity contribution in [3.63, 3.8) is 0 Å². The molecule has 0 bridgehead atoms. The Kier molecular flexibility index (Phi) is 4.72. The van der Waals surface area contributed by atoms with E-state index in [4.69, 9.17) is 17.3 Å². The van der Waals surface area contributed by atoms with Crippen LogP contribution in [0.3, 0.4) is 0 Å². The number of carbonyl (C=O) groups is 1. The summed E-state index contributed by atoms with van der Waals surface area (Å²) < 4.78 is 0. The van der Waals surface area contributed by atoms with E-state index in [0.29, 0.717) is 12.1 Å². The Morgan fingerprint density at radius 1 is 1.35 bits per heavy atom. The average Bonchev–Trinajstić information content (AvgIpc) is 2.23. The number of amides is 1. The van der Waals surface area contributed by atoms with Gasteiger partial charge in [-0.2, -0.15) is 0 Å². The van der Waals surface area contributed by atoms with Crippen molar-refractivity contribution < 1.29 is 4.79 Å². The molecular weight excluding hydrogens is 240 g/mol. The third kappa shape index (κ3) is 4.20. The number of likely N-dealkylation sites (N-methyl/N-ethyl adjacent to an activating group) is 2. The predicted octanol–water partition coefficient (Wildman–Crippen LogP) is 0.951. The Balaban J connectivity index is 2.74. The summed E-state index contributed by atoms with van der Waals surface area (Å²) in [5, 5.41) is 0.231. The first-order valence-corrected chi connectivity index (χ1v) is 5.61. The number of nitrogens with zero attached hydrogens (tertiary/aromatic N) is 3. The fourth-order valence-electron chi connectivity index (χ4n) is 1.31. The van der Waals surface area contributed by atoms with E-state index in [9.17, 15) is 4.79 Å². The monoisotopic (exact) mass is 256 g/mol. The quantitative estimate of drug-likeness (QED) is 0.815. The summed E-state index contributed by atoms with van der Waals surface area (Å²) in [5.41, 5.74) is 6.01. The summed E-state index contributed by atoms with van der Waals surface area (Å²) in [6.45, 7) is 1.45. The molecule has 1 heterocycles. The van der Waals surface area contributed by atoms with E-state index >= 15 is 0 Å². The van der Waals surface area contributed by atoms with Crippen molar-refractivity contribution >= 4 is 23.3 Å². The van der Waals surface area contributed by atoms with Gasteiger partial charge in [0.2, 0.25) is 0 Å². The van der Waals surface area contributed by atoms with E-state index in [1.807, 2.05) is 19.0 Å². The molecule has 0 unspecified atom stereocenters. The molecule has 1 aromatic heterocycles. The molecule has 0 saturated carbocycles. The third-order valence-electron chi connectivity index (χ3n) is 2.29. The molecule has 1 aromatic rings. The number of nitrogen functional groups attached to an aromatic ring is 1. The lowest BCUT2D eigenvalue weighted by Crippen LogP contribution is -2.33. The Morgan fingerprint density at radius 3 is 2.53 bits per heavy atom. The molecule has 0 radical (unpaired) electrons. The molecule has 0 spiro atoms. The number of pyridine rings is 1. The van der Waals surface area contributed by atoms with Crippen LogP contribution in [0.4, 0.5) is 5.82 Å². The van der Waals surface area contributed by atoms with Crippen molar-refractivity contribution in [1.82, 2.24) is 14.8 Å². The van der Waals surface area contributed by atoms with Gasteiger partial charge in [0.1, 0.15) is 11.0 Å². The smallest absolute Gasteiger partial charge is 0.253 e. The van der Waals surface area contributed by atoms with Crippen molar-refractivity contribution in [3.05, 3.63) is 22.8 Å². The largest absolute Gasteiger partial charge is 0.384 e. The Morgan fingerprint density at radius 2 is 2.00 bits per heavy atom. The summed E-state index contributed by atoms with van der Waals surface area (Å²) in [4.78, 5) is 19.5. The van der Waals surface area contributed by atoms with Crippen molar-refractivity contribution in [2.45, 2.75) is 0 Å². The molecule has 17 heavy (non-hydrogen) atoms. The van der Waals surface area contributed by atoms with Gasteiger partial charge in [0, 0.05) is 25.7 Å². The van der Waals surface area contributed by atoms with Crippen molar-refractivity contribution in [3.8, 4) is 0 Å². The predicted molar refractivity (Wildman–Crippen MR) is 69.2 cm³/mol. The lowest BCUT2D eigenvalue weighted by molar-refractivity contribution is 0.0786.